The van der Waals surface area contributed by atoms with Crippen molar-refractivity contribution < 1.29 is 4.74 Å². The van der Waals surface area contributed by atoms with E-state index < -0.39 is 0 Å². The number of hydrogen-bond donors (Lipinski definition) is 0. The zero-order valence-electron chi connectivity index (χ0n) is 9.24. The molecule has 3 heteroatoms. The molecule has 0 saturated heterocycles. The van der Waals surface area contributed by atoms with Crippen LogP contribution in [-0.2, 0) is 0 Å². The Balaban J connectivity index is 2.34. The fourth-order valence-electron chi connectivity index (χ4n) is 1.65. The van der Waals surface area contributed by atoms with Crippen LogP contribution >= 0.6 is 22.9 Å². The van der Waals surface area contributed by atoms with E-state index >= 15 is 0 Å². The number of rotatable bonds is 3. The van der Waals surface area contributed by atoms with E-state index in [9.17, 15) is 0 Å². The summed E-state index contributed by atoms with van der Waals surface area (Å²) in [5, 5.41) is 1.98. The van der Waals surface area contributed by atoms with Gasteiger partial charge in [0.15, 0.2) is 0 Å². The predicted molar refractivity (Wildman–Crippen MR) is 69.7 cm³/mol. The van der Waals surface area contributed by atoms with E-state index in [2.05, 4.69) is 13.0 Å². The Labute approximate surface area is 105 Å². The molecule has 16 heavy (non-hydrogen) atoms. The van der Waals surface area contributed by atoms with Crippen molar-refractivity contribution in [1.29, 1.82) is 0 Å². The van der Waals surface area contributed by atoms with E-state index in [1.54, 1.807) is 18.4 Å². The van der Waals surface area contributed by atoms with Crippen LogP contribution in [0.3, 0.4) is 0 Å². The van der Waals surface area contributed by atoms with Crippen molar-refractivity contribution in [3.05, 3.63) is 51.7 Å². The maximum atomic E-state index is 6.44. The third kappa shape index (κ3) is 2.23. The van der Waals surface area contributed by atoms with Crippen LogP contribution in [0.5, 0.6) is 5.75 Å². The number of methoxy groups -OCH3 is 1. The molecule has 0 aliphatic carbocycles. The number of benzene rings is 1. The van der Waals surface area contributed by atoms with Crippen LogP contribution in [0.15, 0.2) is 35.7 Å². The second kappa shape index (κ2) is 4.89. The molecule has 0 aliphatic heterocycles. The van der Waals surface area contributed by atoms with Gasteiger partial charge in [0.25, 0.3) is 0 Å². The van der Waals surface area contributed by atoms with Gasteiger partial charge in [0.05, 0.1) is 12.5 Å². The lowest BCUT2D eigenvalue weighted by molar-refractivity contribution is 0.414. The van der Waals surface area contributed by atoms with Crippen LogP contribution in [-0.4, -0.2) is 7.11 Å². The molecule has 2 aromatic rings. The largest absolute Gasteiger partial charge is 0.497 e. The van der Waals surface area contributed by atoms with Crippen LogP contribution in [0.4, 0.5) is 0 Å². The standard InChI is InChI=1S/C13H13ClOS/c1-9-8-10(15-2)5-6-11(9)13(14)12-4-3-7-16-12/h3-8,13H,1-2H3. The monoisotopic (exact) mass is 252 g/mol. The first-order valence-corrected chi connectivity index (χ1v) is 6.36. The lowest BCUT2D eigenvalue weighted by Crippen LogP contribution is -1.95. The molecule has 0 aliphatic rings. The Morgan fingerprint density at radius 2 is 2.12 bits per heavy atom. The van der Waals surface area contributed by atoms with Gasteiger partial charge in [-0.3, -0.25) is 0 Å². The minimum atomic E-state index is -0.0640. The quantitative estimate of drug-likeness (QED) is 0.736. The molecule has 1 nitrogen and oxygen atoms in total. The summed E-state index contributed by atoms with van der Waals surface area (Å²) in [6, 6.07) is 10.1. The molecule has 0 fully saturated rings. The van der Waals surface area contributed by atoms with Gasteiger partial charge in [-0.25, -0.2) is 0 Å². The van der Waals surface area contributed by atoms with E-state index in [0.29, 0.717) is 0 Å². The summed E-state index contributed by atoms with van der Waals surface area (Å²) in [4.78, 5) is 1.18. The third-order valence-electron chi connectivity index (χ3n) is 2.54. The molecule has 0 radical (unpaired) electrons. The van der Waals surface area contributed by atoms with Crippen molar-refractivity contribution in [3.8, 4) is 5.75 Å². The lowest BCUT2D eigenvalue weighted by Gasteiger charge is -2.12. The van der Waals surface area contributed by atoms with E-state index in [4.69, 9.17) is 16.3 Å². The molecule has 0 spiro atoms. The van der Waals surface area contributed by atoms with E-state index in [1.165, 1.54) is 4.88 Å². The zero-order chi connectivity index (χ0) is 11.5. The number of thiophene rings is 1. The smallest absolute Gasteiger partial charge is 0.119 e. The van der Waals surface area contributed by atoms with Crippen LogP contribution in [0.2, 0.25) is 0 Å². The highest BCUT2D eigenvalue weighted by atomic mass is 35.5. The number of halogens is 1. The van der Waals surface area contributed by atoms with Crippen molar-refractivity contribution in [3.63, 3.8) is 0 Å². The second-order valence-corrected chi connectivity index (χ2v) is 5.02. The molecule has 84 valence electrons. The Morgan fingerprint density at radius 1 is 1.31 bits per heavy atom. The molecule has 1 heterocycles. The van der Waals surface area contributed by atoms with Crippen molar-refractivity contribution in [1.82, 2.24) is 0 Å². The van der Waals surface area contributed by atoms with Crippen LogP contribution in [0.25, 0.3) is 0 Å². The molecule has 0 bridgehead atoms. The average molecular weight is 253 g/mol. The molecular formula is C13H13ClOS. The van der Waals surface area contributed by atoms with Gasteiger partial charge in [-0.05, 0) is 41.6 Å². The Morgan fingerprint density at radius 3 is 2.69 bits per heavy atom. The normalized spacial score (nSPS) is 12.4. The molecule has 2 rings (SSSR count). The fraction of sp³-hybridized carbons (Fsp3) is 0.231. The van der Waals surface area contributed by atoms with Crippen molar-refractivity contribution in [2.24, 2.45) is 0 Å². The molecule has 1 atom stereocenters. The maximum Gasteiger partial charge on any atom is 0.119 e. The first-order valence-electron chi connectivity index (χ1n) is 5.04. The summed E-state index contributed by atoms with van der Waals surface area (Å²) >= 11 is 8.12. The van der Waals surface area contributed by atoms with Crippen LogP contribution in [0, 0.1) is 6.92 Å². The number of hydrogen-bond acceptors (Lipinski definition) is 2. The molecule has 1 aromatic heterocycles. The topological polar surface area (TPSA) is 9.23 Å². The van der Waals surface area contributed by atoms with E-state index in [1.807, 2.05) is 29.6 Å². The van der Waals surface area contributed by atoms with Gasteiger partial charge in [-0.1, -0.05) is 12.1 Å². The highest BCUT2D eigenvalue weighted by Gasteiger charge is 2.14. The SMILES string of the molecule is COc1ccc(C(Cl)c2cccs2)c(C)c1. The van der Waals surface area contributed by atoms with Crippen LogP contribution in [0.1, 0.15) is 21.4 Å². The minimum Gasteiger partial charge on any atom is -0.497 e. The number of alkyl halides is 1. The van der Waals surface area contributed by atoms with Gasteiger partial charge >= 0.3 is 0 Å². The van der Waals surface area contributed by atoms with Gasteiger partial charge < -0.3 is 4.74 Å². The number of ether oxygens (including phenoxy) is 1. The average Bonchev–Trinajstić information content (AvgIpc) is 2.81. The highest BCUT2D eigenvalue weighted by molar-refractivity contribution is 7.10. The third-order valence-corrected chi connectivity index (χ3v) is 4.08. The lowest BCUT2D eigenvalue weighted by atomic mass is 10.0. The van der Waals surface area contributed by atoms with Gasteiger partial charge in [-0.2, -0.15) is 0 Å². The van der Waals surface area contributed by atoms with E-state index in [0.717, 1.165) is 16.9 Å². The Hall–Kier alpha value is -0.990. The molecule has 0 N–H and O–H groups in total. The molecule has 1 aromatic carbocycles. The summed E-state index contributed by atoms with van der Waals surface area (Å²) in [5.41, 5.74) is 2.30. The molecule has 0 saturated carbocycles. The Kier molecular flexibility index (Phi) is 3.52. The van der Waals surface area contributed by atoms with Gasteiger partial charge in [-0.15, -0.1) is 22.9 Å². The van der Waals surface area contributed by atoms with Gasteiger partial charge in [0.2, 0.25) is 0 Å². The molecule has 1 unspecified atom stereocenters. The summed E-state index contributed by atoms with van der Waals surface area (Å²) in [5.74, 6) is 0.872. The fourth-order valence-corrected chi connectivity index (χ4v) is 2.84. The summed E-state index contributed by atoms with van der Waals surface area (Å²) in [7, 11) is 1.67. The second-order valence-electron chi connectivity index (χ2n) is 3.60. The highest BCUT2D eigenvalue weighted by Crippen LogP contribution is 2.34. The Bertz CT molecular complexity index is 465. The van der Waals surface area contributed by atoms with Gasteiger partial charge in [0, 0.05) is 4.88 Å². The summed E-state index contributed by atoms with van der Waals surface area (Å²) < 4.78 is 5.18. The zero-order valence-corrected chi connectivity index (χ0v) is 10.8. The van der Waals surface area contributed by atoms with Crippen molar-refractivity contribution in [2.75, 3.05) is 7.11 Å². The van der Waals surface area contributed by atoms with Gasteiger partial charge in [0.1, 0.15) is 5.75 Å². The first-order chi connectivity index (χ1) is 7.72. The summed E-state index contributed by atoms with van der Waals surface area (Å²) in [6.07, 6.45) is 0. The van der Waals surface area contributed by atoms with Crippen molar-refractivity contribution >= 4 is 22.9 Å². The predicted octanol–water partition coefficient (Wildman–Crippen LogP) is 4.39. The van der Waals surface area contributed by atoms with Crippen LogP contribution < -0.4 is 4.74 Å². The molecule has 0 amide bonds. The summed E-state index contributed by atoms with van der Waals surface area (Å²) in [6.45, 7) is 2.06. The molecular weight excluding hydrogens is 240 g/mol. The minimum absolute atomic E-state index is 0.0640. The number of aryl methyl sites for hydroxylation is 1. The first kappa shape index (κ1) is 11.5. The van der Waals surface area contributed by atoms with E-state index in [-0.39, 0.29) is 5.38 Å². The maximum absolute atomic E-state index is 6.44. The van der Waals surface area contributed by atoms with Crippen molar-refractivity contribution in [2.45, 2.75) is 12.3 Å².